The lowest BCUT2D eigenvalue weighted by Crippen LogP contribution is -2.11. The van der Waals surface area contributed by atoms with Crippen LogP contribution in [0.2, 0.25) is 0 Å². The zero-order chi connectivity index (χ0) is 13.9. The first-order valence-electron chi connectivity index (χ1n) is 6.87. The summed E-state index contributed by atoms with van der Waals surface area (Å²) in [5.74, 6) is 0.846. The standard InChI is InChI=1S/C16H18N4/c1-3-13(12-7-5-4-6-8-12)19-16-15-14(9-10-17-16)20(2)11-18-15/h4-11,13H,3H2,1-2H3,(H,17,19). The highest BCUT2D eigenvalue weighted by atomic mass is 15.1. The second-order valence-electron chi connectivity index (χ2n) is 4.90. The molecule has 4 heteroatoms. The zero-order valence-electron chi connectivity index (χ0n) is 11.7. The number of nitrogens with zero attached hydrogens (tertiary/aromatic N) is 3. The number of rotatable bonds is 4. The summed E-state index contributed by atoms with van der Waals surface area (Å²) in [5, 5.41) is 3.51. The monoisotopic (exact) mass is 266 g/mol. The molecule has 1 aromatic carbocycles. The van der Waals surface area contributed by atoms with Crippen molar-refractivity contribution < 1.29 is 0 Å². The molecule has 1 unspecified atom stereocenters. The molecule has 0 amide bonds. The Bertz CT molecular complexity index is 703. The molecule has 0 aliphatic rings. The number of pyridine rings is 1. The Morgan fingerprint density at radius 3 is 2.70 bits per heavy atom. The third-order valence-electron chi connectivity index (χ3n) is 3.56. The van der Waals surface area contributed by atoms with Gasteiger partial charge >= 0.3 is 0 Å². The van der Waals surface area contributed by atoms with E-state index in [1.54, 1.807) is 0 Å². The first-order chi connectivity index (χ1) is 9.79. The zero-order valence-corrected chi connectivity index (χ0v) is 11.7. The first kappa shape index (κ1) is 12.7. The number of hydrogen-bond acceptors (Lipinski definition) is 3. The molecule has 0 saturated heterocycles. The Kier molecular flexibility index (Phi) is 3.37. The molecule has 0 fully saturated rings. The summed E-state index contributed by atoms with van der Waals surface area (Å²) in [6.45, 7) is 2.17. The van der Waals surface area contributed by atoms with Crippen molar-refractivity contribution >= 4 is 16.9 Å². The van der Waals surface area contributed by atoms with E-state index in [2.05, 4.69) is 46.5 Å². The lowest BCUT2D eigenvalue weighted by molar-refractivity contribution is 0.746. The summed E-state index contributed by atoms with van der Waals surface area (Å²) in [4.78, 5) is 8.88. The lowest BCUT2D eigenvalue weighted by atomic mass is 10.0. The number of aryl methyl sites for hydroxylation is 1. The third-order valence-corrected chi connectivity index (χ3v) is 3.56. The molecular weight excluding hydrogens is 248 g/mol. The fraction of sp³-hybridized carbons (Fsp3) is 0.250. The number of fused-ring (bicyclic) bond motifs is 1. The Morgan fingerprint density at radius 2 is 1.95 bits per heavy atom. The second-order valence-corrected chi connectivity index (χ2v) is 4.90. The van der Waals surface area contributed by atoms with Gasteiger partial charge in [-0.15, -0.1) is 0 Å². The molecule has 4 nitrogen and oxygen atoms in total. The fourth-order valence-electron chi connectivity index (χ4n) is 2.44. The molecule has 2 heterocycles. The average Bonchev–Trinajstić information content (AvgIpc) is 2.88. The first-order valence-corrected chi connectivity index (χ1v) is 6.87. The summed E-state index contributed by atoms with van der Waals surface area (Å²) in [6.07, 6.45) is 4.64. The van der Waals surface area contributed by atoms with E-state index in [4.69, 9.17) is 0 Å². The molecule has 1 atom stereocenters. The van der Waals surface area contributed by atoms with Crippen LogP contribution in [0.4, 0.5) is 5.82 Å². The van der Waals surface area contributed by atoms with Crippen molar-refractivity contribution in [3.63, 3.8) is 0 Å². The minimum Gasteiger partial charge on any atom is -0.361 e. The average molecular weight is 266 g/mol. The Morgan fingerprint density at radius 1 is 1.15 bits per heavy atom. The van der Waals surface area contributed by atoms with Crippen LogP contribution in [-0.4, -0.2) is 14.5 Å². The van der Waals surface area contributed by atoms with Gasteiger partial charge in [0.1, 0.15) is 5.52 Å². The predicted octanol–water partition coefficient (Wildman–Crippen LogP) is 3.53. The lowest BCUT2D eigenvalue weighted by Gasteiger charge is -2.18. The van der Waals surface area contributed by atoms with Crippen LogP contribution in [0.5, 0.6) is 0 Å². The summed E-state index contributed by atoms with van der Waals surface area (Å²) >= 11 is 0. The van der Waals surface area contributed by atoms with Crippen LogP contribution in [0.25, 0.3) is 11.0 Å². The van der Waals surface area contributed by atoms with E-state index < -0.39 is 0 Å². The van der Waals surface area contributed by atoms with Gasteiger partial charge in [0.05, 0.1) is 17.9 Å². The van der Waals surface area contributed by atoms with E-state index in [0.29, 0.717) is 0 Å². The molecule has 2 aromatic heterocycles. The highest BCUT2D eigenvalue weighted by Crippen LogP contribution is 2.25. The topological polar surface area (TPSA) is 42.7 Å². The molecule has 1 N–H and O–H groups in total. The molecule has 0 spiro atoms. The van der Waals surface area contributed by atoms with Gasteiger partial charge in [0.2, 0.25) is 0 Å². The van der Waals surface area contributed by atoms with Crippen molar-refractivity contribution in [2.75, 3.05) is 5.32 Å². The van der Waals surface area contributed by atoms with Crippen molar-refractivity contribution in [1.29, 1.82) is 0 Å². The maximum absolute atomic E-state index is 4.45. The number of benzene rings is 1. The predicted molar refractivity (Wildman–Crippen MR) is 81.6 cm³/mol. The van der Waals surface area contributed by atoms with Crippen molar-refractivity contribution in [2.45, 2.75) is 19.4 Å². The Balaban J connectivity index is 1.96. The molecule has 0 saturated carbocycles. The van der Waals surface area contributed by atoms with Gasteiger partial charge < -0.3 is 9.88 Å². The Labute approximate surface area is 118 Å². The highest BCUT2D eigenvalue weighted by Gasteiger charge is 2.13. The highest BCUT2D eigenvalue weighted by molar-refractivity contribution is 5.85. The van der Waals surface area contributed by atoms with E-state index >= 15 is 0 Å². The summed E-state index contributed by atoms with van der Waals surface area (Å²) in [5.41, 5.74) is 3.28. The van der Waals surface area contributed by atoms with Crippen molar-refractivity contribution in [1.82, 2.24) is 14.5 Å². The van der Waals surface area contributed by atoms with Gasteiger partial charge in [-0.2, -0.15) is 0 Å². The smallest absolute Gasteiger partial charge is 0.154 e. The normalized spacial score (nSPS) is 12.5. The van der Waals surface area contributed by atoms with E-state index in [9.17, 15) is 0 Å². The number of anilines is 1. The molecular formula is C16H18N4. The van der Waals surface area contributed by atoms with E-state index in [1.165, 1.54) is 5.56 Å². The van der Waals surface area contributed by atoms with Crippen LogP contribution >= 0.6 is 0 Å². The van der Waals surface area contributed by atoms with Gasteiger partial charge in [0, 0.05) is 13.2 Å². The minimum absolute atomic E-state index is 0.247. The van der Waals surface area contributed by atoms with Gasteiger partial charge in [0.25, 0.3) is 0 Å². The van der Waals surface area contributed by atoms with E-state index in [-0.39, 0.29) is 6.04 Å². The van der Waals surface area contributed by atoms with Crippen molar-refractivity contribution in [3.8, 4) is 0 Å². The van der Waals surface area contributed by atoms with Gasteiger partial charge in [-0.3, -0.25) is 0 Å². The largest absolute Gasteiger partial charge is 0.361 e. The SMILES string of the molecule is CCC(Nc1nccc2c1ncn2C)c1ccccc1. The number of hydrogen-bond donors (Lipinski definition) is 1. The molecule has 3 aromatic rings. The van der Waals surface area contributed by atoms with Crippen LogP contribution in [0, 0.1) is 0 Å². The summed E-state index contributed by atoms with van der Waals surface area (Å²) in [7, 11) is 1.99. The molecule has 3 rings (SSSR count). The van der Waals surface area contributed by atoms with Crippen LogP contribution < -0.4 is 5.32 Å². The van der Waals surface area contributed by atoms with E-state index in [0.717, 1.165) is 23.3 Å². The number of imidazole rings is 1. The molecule has 0 aliphatic heterocycles. The summed E-state index contributed by atoms with van der Waals surface area (Å²) in [6, 6.07) is 12.7. The molecule has 0 bridgehead atoms. The maximum atomic E-state index is 4.45. The van der Waals surface area contributed by atoms with Gasteiger partial charge in [-0.1, -0.05) is 37.3 Å². The molecule has 0 aliphatic carbocycles. The van der Waals surface area contributed by atoms with Crippen LogP contribution in [-0.2, 0) is 7.05 Å². The number of nitrogens with one attached hydrogen (secondary N) is 1. The van der Waals surface area contributed by atoms with Crippen LogP contribution in [0.1, 0.15) is 24.9 Å². The quantitative estimate of drug-likeness (QED) is 0.785. The Hall–Kier alpha value is -2.36. The fourth-order valence-corrected chi connectivity index (χ4v) is 2.44. The minimum atomic E-state index is 0.247. The second kappa shape index (κ2) is 5.33. The molecule has 20 heavy (non-hydrogen) atoms. The van der Waals surface area contributed by atoms with E-state index in [1.807, 2.05) is 36.3 Å². The van der Waals surface area contributed by atoms with Crippen molar-refractivity contribution in [3.05, 3.63) is 54.5 Å². The maximum Gasteiger partial charge on any atom is 0.154 e. The van der Waals surface area contributed by atoms with Gasteiger partial charge in [-0.05, 0) is 18.1 Å². The number of aromatic nitrogens is 3. The van der Waals surface area contributed by atoms with Crippen LogP contribution in [0.3, 0.4) is 0 Å². The van der Waals surface area contributed by atoms with Crippen LogP contribution in [0.15, 0.2) is 48.9 Å². The molecule has 0 radical (unpaired) electrons. The van der Waals surface area contributed by atoms with Gasteiger partial charge in [0.15, 0.2) is 5.82 Å². The third kappa shape index (κ3) is 2.25. The molecule has 102 valence electrons. The summed E-state index contributed by atoms with van der Waals surface area (Å²) < 4.78 is 2.01. The van der Waals surface area contributed by atoms with Gasteiger partial charge in [-0.25, -0.2) is 9.97 Å². The van der Waals surface area contributed by atoms with Crippen molar-refractivity contribution in [2.24, 2.45) is 7.05 Å².